The van der Waals surface area contributed by atoms with E-state index in [9.17, 15) is 5.11 Å². The van der Waals surface area contributed by atoms with Gasteiger partial charge in [0.15, 0.2) is 5.96 Å². The molecule has 0 bridgehead atoms. The van der Waals surface area contributed by atoms with Crippen molar-refractivity contribution >= 4 is 5.96 Å². The lowest BCUT2D eigenvalue weighted by molar-refractivity contribution is 0.0846. The van der Waals surface area contributed by atoms with Gasteiger partial charge in [-0.3, -0.25) is 0 Å². The van der Waals surface area contributed by atoms with Gasteiger partial charge in [-0.1, -0.05) is 43.2 Å². The number of nitrogens with zero attached hydrogens (tertiary/aromatic N) is 1. The van der Waals surface area contributed by atoms with Crippen molar-refractivity contribution in [1.82, 2.24) is 10.6 Å². The summed E-state index contributed by atoms with van der Waals surface area (Å²) in [7, 11) is 0. The lowest BCUT2D eigenvalue weighted by Crippen LogP contribution is -2.44. The molecule has 0 atom stereocenters. The minimum Gasteiger partial charge on any atom is -0.389 e. The molecule has 1 aromatic carbocycles. The number of aliphatic hydroxyl groups is 1. The molecule has 21 heavy (non-hydrogen) atoms. The summed E-state index contributed by atoms with van der Waals surface area (Å²) in [5.41, 5.74) is 1.68. The van der Waals surface area contributed by atoms with Gasteiger partial charge in [0.25, 0.3) is 0 Å². The normalized spacial score (nSPS) is 12.3. The number of guanidine groups is 1. The number of hydrogen-bond donors (Lipinski definition) is 3. The highest BCUT2D eigenvalue weighted by Crippen LogP contribution is 2.04. The number of aliphatic imine (C=N–C) groups is 1. The molecule has 1 rings (SSSR count). The summed E-state index contributed by atoms with van der Waals surface area (Å²) >= 11 is 0. The van der Waals surface area contributed by atoms with Crippen LogP contribution in [0.3, 0.4) is 0 Å². The van der Waals surface area contributed by atoms with Crippen molar-refractivity contribution in [2.75, 3.05) is 13.1 Å². The molecule has 3 N–H and O–H groups in total. The number of nitrogens with one attached hydrogen (secondary N) is 2. The van der Waals surface area contributed by atoms with Gasteiger partial charge in [-0.2, -0.15) is 0 Å². The van der Waals surface area contributed by atoms with Crippen molar-refractivity contribution in [1.29, 1.82) is 0 Å². The van der Waals surface area contributed by atoms with Crippen molar-refractivity contribution in [2.45, 2.75) is 52.7 Å². The molecule has 4 nitrogen and oxygen atoms in total. The summed E-state index contributed by atoms with van der Waals surface area (Å²) in [4.78, 5) is 4.58. The summed E-state index contributed by atoms with van der Waals surface area (Å²) < 4.78 is 0. The molecule has 0 radical (unpaired) electrons. The zero-order valence-electron chi connectivity index (χ0n) is 13.7. The van der Waals surface area contributed by atoms with Crippen LogP contribution in [-0.4, -0.2) is 29.8 Å². The predicted octanol–water partition coefficient (Wildman–Crippen LogP) is 2.60. The Morgan fingerprint density at radius 1 is 1.19 bits per heavy atom. The fourth-order valence-corrected chi connectivity index (χ4v) is 1.72. The third kappa shape index (κ3) is 8.35. The summed E-state index contributed by atoms with van der Waals surface area (Å²) in [6.45, 7) is 9.80. The van der Waals surface area contributed by atoms with E-state index in [1.165, 1.54) is 11.1 Å². The molecule has 4 heteroatoms. The van der Waals surface area contributed by atoms with Crippen LogP contribution in [0.15, 0.2) is 29.3 Å². The van der Waals surface area contributed by atoms with Gasteiger partial charge in [-0.15, -0.1) is 0 Å². The SMILES string of the molecule is CCCCNC(=NCc1ccc(C)cc1)NCC(C)(C)O. The third-order valence-electron chi connectivity index (χ3n) is 3.05. The maximum absolute atomic E-state index is 9.81. The van der Waals surface area contributed by atoms with Crippen molar-refractivity contribution in [3.05, 3.63) is 35.4 Å². The highest BCUT2D eigenvalue weighted by Gasteiger charge is 2.12. The average molecular weight is 291 g/mol. The van der Waals surface area contributed by atoms with E-state index < -0.39 is 5.60 Å². The van der Waals surface area contributed by atoms with Crippen LogP contribution >= 0.6 is 0 Å². The largest absolute Gasteiger partial charge is 0.389 e. The van der Waals surface area contributed by atoms with Gasteiger partial charge < -0.3 is 15.7 Å². The monoisotopic (exact) mass is 291 g/mol. The van der Waals surface area contributed by atoms with Crippen molar-refractivity contribution in [3.8, 4) is 0 Å². The van der Waals surface area contributed by atoms with E-state index in [1.54, 1.807) is 13.8 Å². The minimum atomic E-state index is -0.753. The molecule has 0 saturated carbocycles. The summed E-state index contributed by atoms with van der Waals surface area (Å²) in [6, 6.07) is 8.38. The molecule has 0 aliphatic heterocycles. The Morgan fingerprint density at radius 2 is 1.86 bits per heavy atom. The van der Waals surface area contributed by atoms with E-state index in [1.807, 2.05) is 0 Å². The Kier molecular flexibility index (Phi) is 7.23. The van der Waals surface area contributed by atoms with Gasteiger partial charge >= 0.3 is 0 Å². The van der Waals surface area contributed by atoms with Crippen molar-refractivity contribution < 1.29 is 5.11 Å². The lowest BCUT2D eigenvalue weighted by atomic mass is 10.1. The van der Waals surface area contributed by atoms with Crippen molar-refractivity contribution in [3.63, 3.8) is 0 Å². The number of unbranched alkanes of at least 4 members (excludes halogenated alkanes) is 1. The Labute approximate surface area is 128 Å². The number of benzene rings is 1. The predicted molar refractivity (Wildman–Crippen MR) is 89.5 cm³/mol. The van der Waals surface area contributed by atoms with Crippen LogP contribution in [0, 0.1) is 6.92 Å². The van der Waals surface area contributed by atoms with Crippen LogP contribution in [0.1, 0.15) is 44.7 Å². The maximum atomic E-state index is 9.81. The highest BCUT2D eigenvalue weighted by atomic mass is 16.3. The van der Waals surface area contributed by atoms with Crippen LogP contribution in [0.2, 0.25) is 0 Å². The van der Waals surface area contributed by atoms with Crippen LogP contribution < -0.4 is 10.6 Å². The van der Waals surface area contributed by atoms with Crippen LogP contribution in [-0.2, 0) is 6.54 Å². The Morgan fingerprint density at radius 3 is 2.43 bits per heavy atom. The zero-order valence-corrected chi connectivity index (χ0v) is 13.7. The summed E-state index contributed by atoms with van der Waals surface area (Å²) in [5.74, 6) is 0.756. The van der Waals surface area contributed by atoms with Gasteiger partial charge in [-0.05, 0) is 32.8 Å². The topological polar surface area (TPSA) is 56.7 Å². The molecule has 0 heterocycles. The second-order valence-electron chi connectivity index (χ2n) is 6.10. The van der Waals surface area contributed by atoms with E-state index in [4.69, 9.17) is 0 Å². The standard InChI is InChI=1S/C17H29N3O/c1-5-6-11-18-16(20-13-17(3,4)21)19-12-15-9-7-14(2)8-10-15/h7-10,21H,5-6,11-13H2,1-4H3,(H2,18,19,20). The molecule has 118 valence electrons. The number of aryl methyl sites for hydroxylation is 1. The first kappa shape index (κ1) is 17.5. The molecule has 1 aromatic rings. The van der Waals surface area contributed by atoms with Gasteiger partial charge in [0, 0.05) is 13.1 Å². The zero-order chi connectivity index (χ0) is 15.7. The lowest BCUT2D eigenvalue weighted by Gasteiger charge is -2.20. The summed E-state index contributed by atoms with van der Waals surface area (Å²) in [6.07, 6.45) is 2.25. The highest BCUT2D eigenvalue weighted by molar-refractivity contribution is 5.79. The van der Waals surface area contributed by atoms with E-state index in [0.717, 1.165) is 25.3 Å². The molecular formula is C17H29N3O. The first-order chi connectivity index (χ1) is 9.90. The molecule has 0 saturated heterocycles. The Hall–Kier alpha value is -1.55. The quantitative estimate of drug-likeness (QED) is 0.411. The second-order valence-corrected chi connectivity index (χ2v) is 6.10. The summed E-state index contributed by atoms with van der Waals surface area (Å²) in [5, 5.41) is 16.3. The fraction of sp³-hybridized carbons (Fsp3) is 0.588. The van der Waals surface area contributed by atoms with Crippen LogP contribution in [0.25, 0.3) is 0 Å². The molecule has 0 amide bonds. The van der Waals surface area contributed by atoms with E-state index in [2.05, 4.69) is 53.7 Å². The molecular weight excluding hydrogens is 262 g/mol. The first-order valence-electron chi connectivity index (χ1n) is 7.71. The number of hydrogen-bond acceptors (Lipinski definition) is 2. The van der Waals surface area contributed by atoms with Gasteiger partial charge in [-0.25, -0.2) is 4.99 Å². The number of rotatable bonds is 7. The maximum Gasteiger partial charge on any atom is 0.191 e. The van der Waals surface area contributed by atoms with Gasteiger partial charge in [0.1, 0.15) is 0 Å². The minimum absolute atomic E-state index is 0.471. The molecule has 0 fully saturated rings. The Balaban J connectivity index is 2.60. The van der Waals surface area contributed by atoms with E-state index >= 15 is 0 Å². The van der Waals surface area contributed by atoms with Crippen LogP contribution in [0.5, 0.6) is 0 Å². The fourth-order valence-electron chi connectivity index (χ4n) is 1.72. The van der Waals surface area contributed by atoms with Gasteiger partial charge in [0.2, 0.25) is 0 Å². The molecule has 0 aliphatic carbocycles. The van der Waals surface area contributed by atoms with E-state index in [0.29, 0.717) is 13.1 Å². The molecule has 0 aromatic heterocycles. The first-order valence-corrected chi connectivity index (χ1v) is 7.71. The second kappa shape index (κ2) is 8.67. The average Bonchev–Trinajstić information content (AvgIpc) is 2.42. The molecule has 0 unspecified atom stereocenters. The Bertz CT molecular complexity index is 432. The smallest absolute Gasteiger partial charge is 0.191 e. The molecule has 0 spiro atoms. The van der Waals surface area contributed by atoms with Crippen LogP contribution in [0.4, 0.5) is 0 Å². The van der Waals surface area contributed by atoms with E-state index in [-0.39, 0.29) is 0 Å². The van der Waals surface area contributed by atoms with Gasteiger partial charge in [0.05, 0.1) is 12.1 Å². The van der Waals surface area contributed by atoms with Crippen molar-refractivity contribution in [2.24, 2.45) is 4.99 Å². The third-order valence-corrected chi connectivity index (χ3v) is 3.05. The molecule has 0 aliphatic rings.